The molecular weight excluding hydrogens is 248 g/mol. The van der Waals surface area contributed by atoms with Crippen molar-refractivity contribution in [1.82, 2.24) is 5.32 Å². The molecule has 1 atom stereocenters. The van der Waals surface area contributed by atoms with Crippen LogP contribution in [0, 0.1) is 11.6 Å². The van der Waals surface area contributed by atoms with E-state index < -0.39 is 23.3 Å². The Balaban J connectivity index is 2.43. The van der Waals surface area contributed by atoms with Crippen molar-refractivity contribution in [3.05, 3.63) is 35.4 Å². The molecule has 0 amide bonds. The first-order valence-electron chi connectivity index (χ1n) is 6.90. The largest absolute Gasteiger partial charge is 0.373 e. The third-order valence-corrected chi connectivity index (χ3v) is 3.98. The first-order chi connectivity index (χ1) is 9.14. The Morgan fingerprint density at radius 3 is 2.32 bits per heavy atom. The van der Waals surface area contributed by atoms with Crippen LogP contribution in [0.3, 0.4) is 0 Å². The van der Waals surface area contributed by atoms with Gasteiger partial charge in [-0.2, -0.15) is 0 Å². The molecule has 0 bridgehead atoms. The molecule has 1 aliphatic rings. The third-order valence-electron chi connectivity index (χ3n) is 3.98. The highest BCUT2D eigenvalue weighted by Crippen LogP contribution is 2.44. The van der Waals surface area contributed by atoms with E-state index in [-0.39, 0.29) is 5.56 Å². The summed E-state index contributed by atoms with van der Waals surface area (Å²) in [6.45, 7) is 2.47. The van der Waals surface area contributed by atoms with Crippen molar-refractivity contribution >= 4 is 0 Å². The molecule has 0 aromatic heterocycles. The molecule has 0 aliphatic heterocycles. The van der Waals surface area contributed by atoms with E-state index >= 15 is 0 Å². The van der Waals surface area contributed by atoms with Gasteiger partial charge in [0.05, 0.1) is 11.6 Å². The smallest absolute Gasteiger partial charge is 0.131 e. The highest BCUT2D eigenvalue weighted by molar-refractivity contribution is 5.27. The van der Waals surface area contributed by atoms with Gasteiger partial charge in [0, 0.05) is 12.2 Å². The van der Waals surface area contributed by atoms with Crippen molar-refractivity contribution in [2.24, 2.45) is 0 Å². The molecule has 1 aliphatic carbocycles. The van der Waals surface area contributed by atoms with E-state index in [2.05, 4.69) is 5.32 Å². The maximum absolute atomic E-state index is 14.0. The van der Waals surface area contributed by atoms with Crippen LogP contribution in [0.15, 0.2) is 18.2 Å². The summed E-state index contributed by atoms with van der Waals surface area (Å²) in [5.74, 6) is -1.02. The number of likely N-dealkylation sites (N-methyl/N-ethyl adjacent to an activating group) is 1. The Labute approximate surface area is 113 Å². The molecule has 2 rings (SSSR count). The summed E-state index contributed by atoms with van der Waals surface area (Å²) < 4.78 is 33.9. The first kappa shape index (κ1) is 14.4. The number of hydrogen-bond donors (Lipinski definition) is 1. The van der Waals surface area contributed by atoms with Crippen LogP contribution in [0.25, 0.3) is 0 Å². The standard InChI is InChI=1S/C15H21F2NO/c1-3-19-15(9-4-5-10-15)14(18-2)13-11(16)7-6-8-12(13)17/h6-8,14,18H,3-5,9-10H2,1-2H3. The molecular formula is C15H21F2NO. The van der Waals surface area contributed by atoms with Crippen LogP contribution in [-0.4, -0.2) is 19.3 Å². The van der Waals surface area contributed by atoms with Crippen molar-refractivity contribution in [2.45, 2.75) is 44.2 Å². The molecule has 4 heteroatoms. The zero-order valence-corrected chi connectivity index (χ0v) is 11.5. The summed E-state index contributed by atoms with van der Waals surface area (Å²) in [5.41, 5.74) is -0.396. The van der Waals surface area contributed by atoms with Crippen molar-refractivity contribution < 1.29 is 13.5 Å². The summed E-state index contributed by atoms with van der Waals surface area (Å²) in [7, 11) is 1.73. The van der Waals surface area contributed by atoms with Crippen molar-refractivity contribution in [2.75, 3.05) is 13.7 Å². The zero-order valence-electron chi connectivity index (χ0n) is 11.5. The van der Waals surface area contributed by atoms with Gasteiger partial charge in [0.2, 0.25) is 0 Å². The van der Waals surface area contributed by atoms with Gasteiger partial charge in [-0.25, -0.2) is 8.78 Å². The molecule has 1 aromatic rings. The van der Waals surface area contributed by atoms with Crippen LogP contribution in [0.2, 0.25) is 0 Å². The lowest BCUT2D eigenvalue weighted by atomic mass is 9.86. The van der Waals surface area contributed by atoms with E-state index in [1.165, 1.54) is 18.2 Å². The summed E-state index contributed by atoms with van der Waals surface area (Å²) in [5, 5.41) is 3.06. The van der Waals surface area contributed by atoms with E-state index in [0.717, 1.165) is 25.7 Å². The normalized spacial score (nSPS) is 19.6. The van der Waals surface area contributed by atoms with Gasteiger partial charge in [0.15, 0.2) is 0 Å². The quantitative estimate of drug-likeness (QED) is 0.882. The minimum Gasteiger partial charge on any atom is -0.373 e. The highest BCUT2D eigenvalue weighted by Gasteiger charge is 2.44. The fraction of sp³-hybridized carbons (Fsp3) is 0.600. The fourth-order valence-electron chi connectivity index (χ4n) is 3.23. The Morgan fingerprint density at radius 1 is 1.26 bits per heavy atom. The molecule has 0 radical (unpaired) electrons. The maximum Gasteiger partial charge on any atom is 0.131 e. The number of nitrogens with one attached hydrogen (secondary N) is 1. The predicted octanol–water partition coefficient (Wildman–Crippen LogP) is 3.57. The Morgan fingerprint density at radius 2 is 1.84 bits per heavy atom. The summed E-state index contributed by atoms with van der Waals surface area (Å²) in [6.07, 6.45) is 3.74. The SMILES string of the molecule is CCOC1(C(NC)c2c(F)cccc2F)CCCC1. The number of benzene rings is 1. The van der Waals surface area contributed by atoms with Gasteiger partial charge < -0.3 is 10.1 Å². The van der Waals surface area contributed by atoms with Gasteiger partial charge in [0.1, 0.15) is 11.6 Å². The summed E-state index contributed by atoms with van der Waals surface area (Å²) in [6, 6.07) is 3.55. The Bertz CT molecular complexity index is 410. The van der Waals surface area contributed by atoms with Crippen LogP contribution < -0.4 is 5.32 Å². The van der Waals surface area contributed by atoms with Gasteiger partial charge in [-0.3, -0.25) is 0 Å². The van der Waals surface area contributed by atoms with E-state index in [1.54, 1.807) is 7.05 Å². The lowest BCUT2D eigenvalue weighted by molar-refractivity contribution is -0.0625. The molecule has 0 saturated heterocycles. The van der Waals surface area contributed by atoms with Crippen LogP contribution in [-0.2, 0) is 4.74 Å². The molecule has 1 N–H and O–H groups in total. The maximum atomic E-state index is 14.0. The van der Waals surface area contributed by atoms with Gasteiger partial charge in [-0.1, -0.05) is 18.9 Å². The average molecular weight is 269 g/mol. The van der Waals surface area contributed by atoms with Crippen LogP contribution in [0.4, 0.5) is 8.78 Å². The molecule has 1 fully saturated rings. The van der Waals surface area contributed by atoms with E-state index in [1.807, 2.05) is 6.92 Å². The van der Waals surface area contributed by atoms with E-state index in [4.69, 9.17) is 4.74 Å². The topological polar surface area (TPSA) is 21.3 Å². The average Bonchev–Trinajstić information content (AvgIpc) is 2.84. The van der Waals surface area contributed by atoms with Crippen LogP contribution in [0.1, 0.15) is 44.2 Å². The Hall–Kier alpha value is -1.00. The number of ether oxygens (including phenoxy) is 1. The Kier molecular flexibility index (Phi) is 4.53. The first-order valence-corrected chi connectivity index (χ1v) is 6.90. The monoisotopic (exact) mass is 269 g/mol. The van der Waals surface area contributed by atoms with Crippen molar-refractivity contribution in [1.29, 1.82) is 0 Å². The minimum atomic E-state index is -0.509. The van der Waals surface area contributed by atoms with Gasteiger partial charge in [-0.15, -0.1) is 0 Å². The molecule has 1 aromatic carbocycles. The molecule has 2 nitrogen and oxygen atoms in total. The number of rotatable bonds is 5. The minimum absolute atomic E-state index is 0.0975. The van der Waals surface area contributed by atoms with E-state index in [9.17, 15) is 8.78 Å². The van der Waals surface area contributed by atoms with Gasteiger partial charge >= 0.3 is 0 Å². The van der Waals surface area contributed by atoms with Crippen LogP contribution >= 0.6 is 0 Å². The highest BCUT2D eigenvalue weighted by atomic mass is 19.1. The number of halogens is 2. The molecule has 1 unspecified atom stereocenters. The second kappa shape index (κ2) is 5.97. The third kappa shape index (κ3) is 2.65. The molecule has 1 saturated carbocycles. The second-order valence-corrected chi connectivity index (χ2v) is 5.06. The van der Waals surface area contributed by atoms with Crippen molar-refractivity contribution in [3.63, 3.8) is 0 Å². The molecule has 19 heavy (non-hydrogen) atoms. The molecule has 0 heterocycles. The van der Waals surface area contributed by atoms with Gasteiger partial charge in [0.25, 0.3) is 0 Å². The summed E-state index contributed by atoms with van der Waals surface area (Å²) >= 11 is 0. The fourth-order valence-corrected chi connectivity index (χ4v) is 3.23. The van der Waals surface area contributed by atoms with Crippen molar-refractivity contribution in [3.8, 4) is 0 Å². The lowest BCUT2D eigenvalue weighted by Crippen LogP contribution is -2.44. The molecule has 0 spiro atoms. The van der Waals surface area contributed by atoms with Gasteiger partial charge in [-0.05, 0) is 38.9 Å². The second-order valence-electron chi connectivity index (χ2n) is 5.06. The number of hydrogen-bond acceptors (Lipinski definition) is 2. The predicted molar refractivity (Wildman–Crippen MR) is 71.0 cm³/mol. The van der Waals surface area contributed by atoms with Crippen LogP contribution in [0.5, 0.6) is 0 Å². The zero-order chi connectivity index (χ0) is 13.9. The molecule has 106 valence electrons. The lowest BCUT2D eigenvalue weighted by Gasteiger charge is -2.37. The summed E-state index contributed by atoms with van der Waals surface area (Å²) in [4.78, 5) is 0. The van der Waals surface area contributed by atoms with E-state index in [0.29, 0.717) is 6.61 Å².